The molecule has 90 valence electrons. The fourth-order valence-corrected chi connectivity index (χ4v) is 1.20. The van der Waals surface area contributed by atoms with E-state index in [-0.39, 0.29) is 31.0 Å². The Kier molecular flexibility index (Phi) is 6.91. The molecule has 2 amide bonds. The normalized spacial score (nSPS) is 11.6. The molecule has 0 bridgehead atoms. The summed E-state index contributed by atoms with van der Waals surface area (Å²) in [5.74, 6) is -1.14. The Morgan fingerprint density at radius 1 is 1.25 bits per heavy atom. The van der Waals surface area contributed by atoms with Crippen molar-refractivity contribution in [2.75, 3.05) is 0 Å². The van der Waals surface area contributed by atoms with Crippen molar-refractivity contribution < 1.29 is 14.4 Å². The Labute approximate surface area is 93.8 Å². The molecule has 0 saturated heterocycles. The van der Waals surface area contributed by atoms with Gasteiger partial charge >= 0.3 is 0 Å². The molecule has 6 nitrogen and oxygen atoms in total. The molecule has 0 aliphatic heterocycles. The zero-order valence-corrected chi connectivity index (χ0v) is 9.49. The van der Waals surface area contributed by atoms with Gasteiger partial charge in [0, 0.05) is 18.0 Å². The van der Waals surface area contributed by atoms with Crippen molar-refractivity contribution in [2.24, 2.45) is 5.18 Å². The number of carbonyl (C=O) groups excluding carboxylic acids is 3. The van der Waals surface area contributed by atoms with Crippen molar-refractivity contribution in [1.82, 2.24) is 5.32 Å². The first-order valence-electron chi connectivity index (χ1n) is 5.17. The van der Waals surface area contributed by atoms with Gasteiger partial charge in [-0.2, -0.15) is 0 Å². The lowest BCUT2D eigenvalue weighted by molar-refractivity contribution is -0.127. The lowest BCUT2D eigenvalue weighted by Gasteiger charge is -2.13. The predicted octanol–water partition coefficient (Wildman–Crippen LogP) is 0.933. The number of hydrogen-bond donors (Lipinski definition) is 1. The van der Waals surface area contributed by atoms with Gasteiger partial charge < -0.3 is 5.32 Å². The first kappa shape index (κ1) is 14.4. The molecule has 16 heavy (non-hydrogen) atoms. The number of rotatable bonds is 7. The largest absolute Gasteiger partial charge is 0.346 e. The van der Waals surface area contributed by atoms with Crippen LogP contribution in [0.4, 0.5) is 0 Å². The maximum atomic E-state index is 11.3. The summed E-state index contributed by atoms with van der Waals surface area (Å²) in [7, 11) is 0. The second kappa shape index (κ2) is 7.67. The molecule has 0 aliphatic carbocycles. The molecule has 0 saturated carbocycles. The summed E-state index contributed by atoms with van der Waals surface area (Å²) >= 11 is 0. The van der Waals surface area contributed by atoms with Crippen molar-refractivity contribution in [3.05, 3.63) is 4.91 Å². The highest BCUT2D eigenvalue weighted by Gasteiger charge is 2.14. The Morgan fingerprint density at radius 3 is 2.31 bits per heavy atom. The van der Waals surface area contributed by atoms with Crippen LogP contribution in [0.3, 0.4) is 0 Å². The third kappa shape index (κ3) is 6.00. The Hall–Kier alpha value is -1.59. The molecule has 0 rings (SSSR count). The van der Waals surface area contributed by atoms with Crippen LogP contribution in [0.2, 0.25) is 0 Å². The smallest absolute Gasteiger partial charge is 0.286 e. The Balaban J connectivity index is 3.85. The fraction of sp³-hybridized carbons (Fsp3) is 0.700. The van der Waals surface area contributed by atoms with Crippen molar-refractivity contribution in [3.63, 3.8) is 0 Å². The van der Waals surface area contributed by atoms with E-state index < -0.39 is 11.9 Å². The predicted molar refractivity (Wildman–Crippen MR) is 57.6 cm³/mol. The summed E-state index contributed by atoms with van der Waals surface area (Å²) in [6.07, 6.45) is 0.888. The van der Waals surface area contributed by atoms with E-state index in [4.69, 9.17) is 0 Å². The topological polar surface area (TPSA) is 92.7 Å². The lowest BCUT2D eigenvalue weighted by Crippen LogP contribution is -2.39. The third-order valence-corrected chi connectivity index (χ3v) is 2.13. The zero-order valence-electron chi connectivity index (χ0n) is 9.49. The molecule has 0 radical (unpaired) electrons. The van der Waals surface area contributed by atoms with Crippen molar-refractivity contribution >= 4 is 17.6 Å². The van der Waals surface area contributed by atoms with E-state index in [0.717, 1.165) is 0 Å². The van der Waals surface area contributed by atoms with Crippen molar-refractivity contribution in [1.29, 1.82) is 0 Å². The van der Waals surface area contributed by atoms with E-state index >= 15 is 0 Å². The van der Waals surface area contributed by atoms with Crippen molar-refractivity contribution in [3.8, 4) is 0 Å². The molecule has 0 aromatic rings. The van der Waals surface area contributed by atoms with E-state index in [1.54, 1.807) is 6.92 Å². The van der Waals surface area contributed by atoms with Gasteiger partial charge in [-0.3, -0.25) is 14.4 Å². The highest BCUT2D eigenvalue weighted by Crippen LogP contribution is 1.99. The van der Waals surface area contributed by atoms with Gasteiger partial charge in [-0.25, -0.2) is 0 Å². The number of nitrogens with zero attached hydrogens (tertiary/aromatic N) is 1. The molecule has 0 spiro atoms. The summed E-state index contributed by atoms with van der Waals surface area (Å²) in [6, 6.07) is -0.465. The van der Waals surface area contributed by atoms with Gasteiger partial charge in [-0.05, 0) is 19.8 Å². The molecule has 0 aliphatic rings. The van der Waals surface area contributed by atoms with Crippen LogP contribution in [0.1, 0.15) is 39.5 Å². The summed E-state index contributed by atoms with van der Waals surface area (Å²) < 4.78 is 0. The van der Waals surface area contributed by atoms with Gasteiger partial charge in [0.15, 0.2) is 5.78 Å². The number of ketones is 1. The highest BCUT2D eigenvalue weighted by molar-refractivity contribution is 5.87. The van der Waals surface area contributed by atoms with Crippen LogP contribution >= 0.6 is 0 Å². The number of nitroso groups, excluding NO2 is 1. The summed E-state index contributed by atoms with van der Waals surface area (Å²) in [5.41, 5.74) is 0. The van der Waals surface area contributed by atoms with Crippen LogP contribution in [0.25, 0.3) is 0 Å². The van der Waals surface area contributed by atoms with Gasteiger partial charge in [0.05, 0.1) is 6.04 Å². The second-order valence-electron chi connectivity index (χ2n) is 3.48. The van der Waals surface area contributed by atoms with Crippen LogP contribution in [-0.2, 0) is 14.4 Å². The van der Waals surface area contributed by atoms with Crippen molar-refractivity contribution in [2.45, 2.75) is 45.6 Å². The maximum Gasteiger partial charge on any atom is 0.286 e. The van der Waals surface area contributed by atoms with Gasteiger partial charge in [-0.1, -0.05) is 6.92 Å². The van der Waals surface area contributed by atoms with Crippen LogP contribution in [-0.4, -0.2) is 23.6 Å². The lowest BCUT2D eigenvalue weighted by atomic mass is 10.1. The van der Waals surface area contributed by atoms with E-state index in [1.807, 2.05) is 0 Å². The molecule has 0 fully saturated rings. The third-order valence-electron chi connectivity index (χ3n) is 2.13. The van der Waals surface area contributed by atoms with Gasteiger partial charge in [0.2, 0.25) is 5.91 Å². The second-order valence-corrected chi connectivity index (χ2v) is 3.48. The van der Waals surface area contributed by atoms with Crippen LogP contribution in [0, 0.1) is 4.91 Å². The minimum atomic E-state index is -0.758. The molecular formula is C10H16N2O4. The zero-order chi connectivity index (χ0) is 12.6. The number of hydrogen-bond acceptors (Lipinski definition) is 4. The standard InChI is InChI=1S/C10H16N2O4/c1-3-8(7(2)13)11-9(14)5-4-6-10(15)12-16/h8H,3-6H2,1-2H3,(H,11,14). The molecule has 0 aromatic heterocycles. The number of nitrogens with one attached hydrogen (secondary N) is 1. The Bertz CT molecular complexity index is 289. The maximum absolute atomic E-state index is 11.3. The molecule has 0 heterocycles. The minimum Gasteiger partial charge on any atom is -0.346 e. The molecule has 1 unspecified atom stereocenters. The SMILES string of the molecule is CCC(NC(=O)CCCC(=O)N=O)C(C)=O. The van der Waals surface area contributed by atoms with Crippen LogP contribution in [0.5, 0.6) is 0 Å². The molecular weight excluding hydrogens is 212 g/mol. The first-order chi connectivity index (χ1) is 7.51. The molecule has 1 atom stereocenters. The Morgan fingerprint density at radius 2 is 1.88 bits per heavy atom. The number of Topliss-reactive ketones (excluding diaryl/α,β-unsaturated/α-hetero) is 1. The van der Waals surface area contributed by atoms with Gasteiger partial charge in [0.1, 0.15) is 0 Å². The van der Waals surface area contributed by atoms with E-state index in [0.29, 0.717) is 6.42 Å². The van der Waals surface area contributed by atoms with E-state index in [1.165, 1.54) is 6.92 Å². The minimum absolute atomic E-state index is 0.0339. The first-order valence-corrected chi connectivity index (χ1v) is 5.17. The average molecular weight is 228 g/mol. The summed E-state index contributed by atoms with van der Waals surface area (Å²) in [6.45, 7) is 3.21. The monoisotopic (exact) mass is 228 g/mol. The van der Waals surface area contributed by atoms with Gasteiger partial charge in [-0.15, -0.1) is 4.91 Å². The summed E-state index contributed by atoms with van der Waals surface area (Å²) in [5, 5.41) is 4.77. The van der Waals surface area contributed by atoms with Crippen LogP contribution in [0.15, 0.2) is 5.18 Å². The number of carbonyl (C=O) groups is 3. The molecule has 0 aromatic carbocycles. The molecule has 6 heteroatoms. The van der Waals surface area contributed by atoms with Gasteiger partial charge in [0.25, 0.3) is 5.91 Å². The summed E-state index contributed by atoms with van der Waals surface area (Å²) in [4.78, 5) is 42.6. The fourth-order valence-electron chi connectivity index (χ4n) is 1.20. The quantitative estimate of drug-likeness (QED) is 0.656. The average Bonchev–Trinajstić information content (AvgIpc) is 2.25. The highest BCUT2D eigenvalue weighted by atomic mass is 16.3. The van der Waals surface area contributed by atoms with E-state index in [2.05, 4.69) is 10.5 Å². The van der Waals surface area contributed by atoms with Crippen LogP contribution < -0.4 is 5.32 Å². The van der Waals surface area contributed by atoms with E-state index in [9.17, 15) is 19.3 Å². The molecule has 1 N–H and O–H groups in total. The number of amides is 2.